The molecule has 0 atom stereocenters. The average Bonchev–Trinajstić information content (AvgIpc) is 4.12. The largest absolute Gasteiger partial charge is 0.135 e. The van der Waals surface area contributed by atoms with Crippen molar-refractivity contribution in [3.63, 3.8) is 0 Å². The first-order valence-corrected chi connectivity index (χ1v) is 27.2. The van der Waals surface area contributed by atoms with Gasteiger partial charge >= 0.3 is 0 Å². The van der Waals surface area contributed by atoms with E-state index in [2.05, 4.69) is 194 Å². The Hall–Kier alpha value is -5.28. The van der Waals surface area contributed by atoms with Crippen molar-refractivity contribution in [2.24, 2.45) is 0 Å². The standard InChI is InChI=1S/C54H36P2S4/c1-55(49-31-37-17-5-11-23-45(37)57-49,50-32-38-18-6-12-24-46(38)58-50)43-29-27-35-15-3-9-21-41(35)53(43)54-42-22-10-4-16-36(42)28-30-44(54)56(2,51-33-39-19-7-13-25-47(39)59-51)52-34-40-20-8-14-26-48(40)60-52/h3-34H,1-2H2. The number of thiophene rings is 4. The van der Waals surface area contributed by atoms with E-state index in [-0.39, 0.29) is 0 Å². The molecule has 0 aliphatic heterocycles. The van der Waals surface area contributed by atoms with Gasteiger partial charge in [0.1, 0.15) is 0 Å². The van der Waals surface area contributed by atoms with Gasteiger partial charge in [-0.3, -0.25) is 0 Å². The summed E-state index contributed by atoms with van der Waals surface area (Å²) in [4.78, 5) is 0. The molecule has 0 nitrogen and oxygen atoms in total. The molecule has 6 heteroatoms. The number of fused-ring (bicyclic) bond motifs is 6. The topological polar surface area (TPSA) is 0 Å². The third-order valence-electron chi connectivity index (χ3n) is 12.0. The molecule has 0 fully saturated rings. The molecule has 0 N–H and O–H groups in total. The van der Waals surface area contributed by atoms with Crippen LogP contribution >= 0.6 is 59.1 Å². The summed E-state index contributed by atoms with van der Waals surface area (Å²) in [7, 11) is 0. The van der Waals surface area contributed by atoms with Gasteiger partial charge in [-0.15, -0.1) is 45.3 Å². The molecule has 0 aliphatic rings. The zero-order valence-electron chi connectivity index (χ0n) is 32.4. The number of hydrogen-bond donors (Lipinski definition) is 0. The van der Waals surface area contributed by atoms with E-state index in [9.17, 15) is 0 Å². The van der Waals surface area contributed by atoms with Gasteiger partial charge in [0.05, 0.1) is 0 Å². The van der Waals surface area contributed by atoms with Gasteiger partial charge in [-0.2, -0.15) is 0 Å². The van der Waals surface area contributed by atoms with Crippen molar-refractivity contribution in [1.82, 2.24) is 0 Å². The molecule has 0 saturated heterocycles. The molecule has 0 amide bonds. The maximum Gasteiger partial charge on any atom is 0.0373 e. The summed E-state index contributed by atoms with van der Waals surface area (Å²) < 4.78 is 10.6. The van der Waals surface area contributed by atoms with Crippen LogP contribution in [0.5, 0.6) is 0 Å². The first-order chi connectivity index (χ1) is 29.5. The van der Waals surface area contributed by atoms with Gasteiger partial charge in [-0.1, -0.05) is 158 Å². The van der Waals surface area contributed by atoms with Crippen LogP contribution < -0.4 is 29.1 Å². The lowest BCUT2D eigenvalue weighted by Crippen LogP contribution is -2.28. The quantitative estimate of drug-likeness (QED) is 0.140. The van der Waals surface area contributed by atoms with E-state index in [1.807, 2.05) is 45.3 Å². The monoisotopic (exact) mass is 874 g/mol. The summed E-state index contributed by atoms with van der Waals surface area (Å²) in [5, 5.41) is 12.7. The summed E-state index contributed by atoms with van der Waals surface area (Å²) in [6.45, 7) is -5.07. The Morgan fingerprint density at radius 3 is 0.850 bits per heavy atom. The van der Waals surface area contributed by atoms with Crippen LogP contribution in [0.3, 0.4) is 0 Å². The first-order valence-electron chi connectivity index (χ1n) is 20.0. The minimum absolute atomic E-state index is 1.23. The van der Waals surface area contributed by atoms with Crippen LogP contribution in [0.4, 0.5) is 0 Å². The van der Waals surface area contributed by atoms with Crippen LogP contribution in [-0.4, -0.2) is 12.6 Å². The Labute approximate surface area is 365 Å². The van der Waals surface area contributed by atoms with Crippen LogP contribution in [0, 0.1) is 0 Å². The van der Waals surface area contributed by atoms with Gasteiger partial charge in [-0.05, 0) is 127 Å². The summed E-state index contributed by atoms with van der Waals surface area (Å²) in [5.74, 6) is 0. The predicted molar refractivity (Wildman–Crippen MR) is 280 cm³/mol. The predicted octanol–water partition coefficient (Wildman–Crippen LogP) is 14.0. The van der Waals surface area contributed by atoms with Crippen LogP contribution in [0.15, 0.2) is 194 Å². The summed E-state index contributed by atoms with van der Waals surface area (Å²) >= 11 is 7.67. The molecule has 0 aliphatic carbocycles. The molecule has 286 valence electrons. The lowest BCUT2D eigenvalue weighted by Gasteiger charge is -2.31. The molecule has 4 aromatic heterocycles. The Balaban J connectivity index is 1.26. The van der Waals surface area contributed by atoms with Crippen molar-refractivity contribution in [1.29, 1.82) is 0 Å². The van der Waals surface area contributed by atoms with Crippen molar-refractivity contribution < 1.29 is 0 Å². The van der Waals surface area contributed by atoms with Crippen LogP contribution in [-0.2, 0) is 0 Å². The molecule has 0 saturated carbocycles. The molecule has 12 rings (SSSR count). The van der Waals surface area contributed by atoms with Crippen molar-refractivity contribution >= 4 is 163 Å². The first kappa shape index (κ1) is 36.6. The molecule has 0 bridgehead atoms. The van der Waals surface area contributed by atoms with E-state index in [4.69, 9.17) is 12.6 Å². The van der Waals surface area contributed by atoms with Gasteiger partial charge < -0.3 is 0 Å². The van der Waals surface area contributed by atoms with E-state index in [1.54, 1.807) is 0 Å². The lowest BCUT2D eigenvalue weighted by molar-refractivity contribution is 1.73. The average molecular weight is 875 g/mol. The van der Waals surface area contributed by atoms with E-state index in [1.165, 1.54) is 102 Å². The molecular weight excluding hydrogens is 839 g/mol. The SMILES string of the molecule is C=P(c1cc2ccccc2s1)(c1cc2ccccc2s1)c1ccc2ccccc2c1-c1c(P(=C)(c2cc3ccccc3s2)c2cc3ccccc3s2)ccc2ccccc12. The van der Waals surface area contributed by atoms with Crippen molar-refractivity contribution in [2.75, 3.05) is 0 Å². The fourth-order valence-electron chi connectivity index (χ4n) is 9.00. The molecule has 60 heavy (non-hydrogen) atoms. The fraction of sp³-hybridized carbons (Fsp3) is 0. The minimum atomic E-state index is -2.54. The highest BCUT2D eigenvalue weighted by molar-refractivity contribution is 8.01. The second kappa shape index (κ2) is 14.2. The van der Waals surface area contributed by atoms with Crippen LogP contribution in [0.2, 0.25) is 0 Å². The highest BCUT2D eigenvalue weighted by atomic mass is 32.1. The molecule has 0 unspecified atom stereocenters. The lowest BCUT2D eigenvalue weighted by atomic mass is 9.93. The van der Waals surface area contributed by atoms with Gasteiger partial charge in [0.2, 0.25) is 0 Å². The van der Waals surface area contributed by atoms with Crippen molar-refractivity contribution in [3.8, 4) is 11.1 Å². The zero-order chi connectivity index (χ0) is 40.0. The van der Waals surface area contributed by atoms with Crippen molar-refractivity contribution in [2.45, 2.75) is 0 Å². The fourth-order valence-corrected chi connectivity index (χ4v) is 23.3. The third kappa shape index (κ3) is 5.60. The van der Waals surface area contributed by atoms with E-state index in [0.29, 0.717) is 0 Å². The molecule has 0 radical (unpaired) electrons. The van der Waals surface area contributed by atoms with Gasteiger partial charge in [0, 0.05) is 37.3 Å². The second-order valence-corrected chi connectivity index (χ2v) is 27.1. The second-order valence-electron chi connectivity index (χ2n) is 15.5. The van der Waals surface area contributed by atoms with Crippen LogP contribution in [0.25, 0.3) is 73.0 Å². The van der Waals surface area contributed by atoms with Gasteiger partial charge in [0.25, 0.3) is 0 Å². The molecule has 4 heterocycles. The summed E-state index contributed by atoms with van der Waals surface area (Å²) in [6.07, 6.45) is 11.1. The summed E-state index contributed by atoms with van der Waals surface area (Å²) in [6, 6.07) is 72.8. The highest BCUT2D eigenvalue weighted by Crippen LogP contribution is 2.55. The highest BCUT2D eigenvalue weighted by Gasteiger charge is 2.35. The number of rotatable bonds is 7. The smallest absolute Gasteiger partial charge is 0.0373 e. The molecule has 0 spiro atoms. The molecular formula is C54H36P2S4. The van der Waals surface area contributed by atoms with Gasteiger partial charge in [-0.25, -0.2) is 0 Å². The maximum absolute atomic E-state index is 5.54. The normalized spacial score (nSPS) is 12.5. The van der Waals surface area contributed by atoms with Crippen LogP contribution in [0.1, 0.15) is 0 Å². The number of hydrogen-bond acceptors (Lipinski definition) is 4. The Morgan fingerprint density at radius 2 is 0.550 bits per heavy atom. The van der Waals surface area contributed by atoms with E-state index < -0.39 is 13.8 Å². The molecule has 8 aromatic carbocycles. The Morgan fingerprint density at radius 1 is 0.283 bits per heavy atom. The van der Waals surface area contributed by atoms with E-state index >= 15 is 0 Å². The van der Waals surface area contributed by atoms with Crippen molar-refractivity contribution in [3.05, 3.63) is 194 Å². The zero-order valence-corrected chi connectivity index (χ0v) is 37.5. The summed E-state index contributed by atoms with van der Waals surface area (Å²) in [5.41, 5.74) is 2.57. The Bertz CT molecular complexity index is 3230. The molecule has 12 aromatic rings. The minimum Gasteiger partial charge on any atom is -0.135 e. The third-order valence-corrected chi connectivity index (χ3v) is 26.5. The Kier molecular flexibility index (Phi) is 8.62. The maximum atomic E-state index is 5.54. The number of benzene rings is 8. The van der Waals surface area contributed by atoms with E-state index in [0.717, 1.165) is 0 Å². The van der Waals surface area contributed by atoms with Gasteiger partial charge in [0.15, 0.2) is 0 Å².